The fraction of sp³-hybridized carbons (Fsp3) is 0.350. The lowest BCUT2D eigenvalue weighted by Crippen LogP contribution is -2.39. The number of carbonyl (C=O) groups is 1. The zero-order chi connectivity index (χ0) is 20.8. The Labute approximate surface area is 176 Å². The number of amidine groups is 1. The Morgan fingerprint density at radius 1 is 1.41 bits per heavy atom. The van der Waals surface area contributed by atoms with Crippen LogP contribution in [0.1, 0.15) is 28.0 Å². The average molecular weight is 438 g/mol. The van der Waals surface area contributed by atoms with E-state index in [9.17, 15) is 9.18 Å². The van der Waals surface area contributed by atoms with E-state index >= 15 is 0 Å². The van der Waals surface area contributed by atoms with Gasteiger partial charge in [0.1, 0.15) is 29.8 Å². The Morgan fingerprint density at radius 3 is 2.93 bits per heavy atom. The van der Waals surface area contributed by atoms with Gasteiger partial charge in [0.15, 0.2) is 5.78 Å². The second-order valence-electron chi connectivity index (χ2n) is 7.12. The van der Waals surface area contributed by atoms with Gasteiger partial charge in [-0.1, -0.05) is 35.3 Å². The first kappa shape index (κ1) is 19.9. The lowest BCUT2D eigenvalue weighted by Gasteiger charge is -2.32. The van der Waals surface area contributed by atoms with E-state index in [0.29, 0.717) is 33.3 Å². The molecule has 1 aromatic heterocycles. The van der Waals surface area contributed by atoms with Gasteiger partial charge in [-0.15, -0.1) is 0 Å². The highest BCUT2D eigenvalue weighted by Crippen LogP contribution is 2.54. The molecule has 1 fully saturated rings. The minimum Gasteiger partial charge on any atom is -0.494 e. The minimum atomic E-state index is -1.20. The molecule has 1 aliphatic carbocycles. The number of methoxy groups -OCH3 is 1. The van der Waals surface area contributed by atoms with Crippen LogP contribution in [0, 0.1) is 5.92 Å². The molecule has 2 N–H and O–H groups in total. The Bertz CT molecular complexity index is 1020. The third-order valence-electron chi connectivity index (χ3n) is 5.30. The molecule has 3 atom stereocenters. The summed E-state index contributed by atoms with van der Waals surface area (Å²) in [4.78, 5) is 21.2. The zero-order valence-electron chi connectivity index (χ0n) is 15.5. The van der Waals surface area contributed by atoms with Crippen LogP contribution < -0.4 is 10.5 Å². The number of pyridine rings is 1. The molecule has 4 rings (SSSR count). The van der Waals surface area contributed by atoms with Gasteiger partial charge in [0.05, 0.1) is 12.1 Å². The van der Waals surface area contributed by atoms with Gasteiger partial charge in [-0.2, -0.15) is 0 Å². The van der Waals surface area contributed by atoms with Gasteiger partial charge in [0.25, 0.3) is 6.02 Å². The van der Waals surface area contributed by atoms with Gasteiger partial charge in [-0.25, -0.2) is 14.4 Å². The third kappa shape index (κ3) is 3.53. The van der Waals surface area contributed by atoms with Gasteiger partial charge in [0.2, 0.25) is 0 Å². The molecular weight excluding hydrogens is 420 g/mol. The number of benzene rings is 1. The standard InChI is InChI=1S/C20H18Cl2FN3O3/c1-28-17-6-11(21)8-25-18(17)15(27)5-10-2-3-14(22)12(4-10)20(9-23)13-7-16(13)29-19(24)26-20/h2-4,6,8,13,16H,5,7,9H2,1H3,(H2,24,26)/t13-,16+,20+/m0/s1. The topological polar surface area (TPSA) is 86.8 Å². The van der Waals surface area contributed by atoms with Crippen molar-refractivity contribution < 1.29 is 18.7 Å². The number of hydrogen-bond acceptors (Lipinski definition) is 6. The number of fused-ring (bicyclic) bond motifs is 1. The monoisotopic (exact) mass is 437 g/mol. The van der Waals surface area contributed by atoms with E-state index in [1.807, 2.05) is 0 Å². The number of aliphatic imine (C=N–C) groups is 1. The summed E-state index contributed by atoms with van der Waals surface area (Å²) < 4.78 is 24.9. The number of alkyl halides is 1. The first-order valence-electron chi connectivity index (χ1n) is 8.97. The number of aromatic nitrogens is 1. The maximum Gasteiger partial charge on any atom is 0.283 e. The van der Waals surface area contributed by atoms with Crippen molar-refractivity contribution in [1.29, 1.82) is 0 Å². The number of Topliss-reactive ketones (excluding diaryl/α,β-unsaturated/α-hetero) is 1. The number of rotatable bonds is 6. The van der Waals surface area contributed by atoms with Crippen LogP contribution in [0.5, 0.6) is 5.75 Å². The first-order chi connectivity index (χ1) is 13.9. The quantitative estimate of drug-likeness (QED) is 0.695. The van der Waals surface area contributed by atoms with Gasteiger partial charge in [-0.05, 0) is 18.1 Å². The molecule has 152 valence electrons. The third-order valence-corrected chi connectivity index (χ3v) is 5.83. The van der Waals surface area contributed by atoms with E-state index in [0.717, 1.165) is 0 Å². The van der Waals surface area contributed by atoms with Crippen LogP contribution in [0.25, 0.3) is 0 Å². The molecule has 0 unspecified atom stereocenters. The number of ketones is 1. The summed E-state index contributed by atoms with van der Waals surface area (Å²) in [6.07, 6.45) is 1.91. The van der Waals surface area contributed by atoms with Crippen molar-refractivity contribution in [2.45, 2.75) is 24.5 Å². The van der Waals surface area contributed by atoms with Crippen LogP contribution in [0.15, 0.2) is 35.5 Å². The van der Waals surface area contributed by atoms with Crippen LogP contribution in [0.2, 0.25) is 10.0 Å². The average Bonchev–Trinajstić information content (AvgIpc) is 3.48. The van der Waals surface area contributed by atoms with Gasteiger partial charge < -0.3 is 15.2 Å². The Hall–Kier alpha value is -2.38. The number of nitrogens with two attached hydrogens (primary N) is 1. The van der Waals surface area contributed by atoms with Crippen LogP contribution in [0.4, 0.5) is 4.39 Å². The Balaban J connectivity index is 1.68. The molecule has 1 aromatic carbocycles. The van der Waals surface area contributed by atoms with Gasteiger partial charge >= 0.3 is 0 Å². The van der Waals surface area contributed by atoms with Crippen molar-refractivity contribution in [1.82, 2.24) is 4.98 Å². The largest absolute Gasteiger partial charge is 0.494 e. The van der Waals surface area contributed by atoms with Crippen LogP contribution in [-0.2, 0) is 16.7 Å². The molecule has 2 heterocycles. The number of nitrogens with zero attached hydrogens (tertiary/aromatic N) is 2. The van der Waals surface area contributed by atoms with Crippen molar-refractivity contribution in [3.05, 3.63) is 57.3 Å². The normalized spacial score (nSPS) is 24.9. The van der Waals surface area contributed by atoms with Crippen molar-refractivity contribution in [3.8, 4) is 5.75 Å². The van der Waals surface area contributed by atoms with Crippen molar-refractivity contribution in [2.75, 3.05) is 13.8 Å². The maximum atomic E-state index is 14.3. The molecule has 0 radical (unpaired) electrons. The molecular formula is C20H18Cl2FN3O3. The first-order valence-corrected chi connectivity index (χ1v) is 9.73. The second-order valence-corrected chi connectivity index (χ2v) is 7.97. The summed E-state index contributed by atoms with van der Waals surface area (Å²) >= 11 is 12.3. The van der Waals surface area contributed by atoms with Gasteiger partial charge in [-0.3, -0.25) is 4.79 Å². The maximum absolute atomic E-state index is 14.3. The van der Waals surface area contributed by atoms with Crippen LogP contribution >= 0.6 is 23.2 Å². The van der Waals surface area contributed by atoms with Crippen molar-refractivity contribution in [2.24, 2.45) is 16.6 Å². The summed E-state index contributed by atoms with van der Waals surface area (Å²) in [6.45, 7) is -0.762. The molecule has 0 bridgehead atoms. The molecule has 2 aromatic rings. The number of hydrogen-bond donors (Lipinski definition) is 1. The molecule has 29 heavy (non-hydrogen) atoms. The molecule has 6 nitrogen and oxygen atoms in total. The van der Waals surface area contributed by atoms with E-state index < -0.39 is 12.2 Å². The van der Waals surface area contributed by atoms with Crippen molar-refractivity contribution >= 4 is 35.0 Å². The van der Waals surface area contributed by atoms with E-state index in [2.05, 4.69) is 9.98 Å². The van der Waals surface area contributed by atoms with Crippen LogP contribution in [-0.4, -0.2) is 36.7 Å². The summed E-state index contributed by atoms with van der Waals surface area (Å²) in [5.41, 5.74) is 5.89. The smallest absolute Gasteiger partial charge is 0.283 e. The zero-order valence-corrected chi connectivity index (χ0v) is 17.0. The molecule has 2 aliphatic rings. The van der Waals surface area contributed by atoms with E-state index in [1.165, 1.54) is 19.4 Å². The van der Waals surface area contributed by atoms with Gasteiger partial charge in [0, 0.05) is 35.2 Å². The fourth-order valence-electron chi connectivity index (χ4n) is 3.80. The number of ether oxygens (including phenoxy) is 2. The highest BCUT2D eigenvalue weighted by molar-refractivity contribution is 6.31. The SMILES string of the molecule is COc1cc(Cl)cnc1C(=O)Cc1ccc(Cl)c([C@@]2(CF)N=C(N)O[C@@H]3C[C@@H]32)c1. The summed E-state index contributed by atoms with van der Waals surface area (Å²) in [6, 6.07) is 6.55. The molecule has 9 heteroatoms. The predicted molar refractivity (Wildman–Crippen MR) is 108 cm³/mol. The highest BCUT2D eigenvalue weighted by atomic mass is 35.5. The predicted octanol–water partition coefficient (Wildman–Crippen LogP) is 3.72. The van der Waals surface area contributed by atoms with Crippen LogP contribution in [0.3, 0.4) is 0 Å². The van der Waals surface area contributed by atoms with E-state index in [4.69, 9.17) is 38.4 Å². The fourth-order valence-corrected chi connectivity index (χ4v) is 4.22. The lowest BCUT2D eigenvalue weighted by molar-refractivity contribution is 0.0985. The Kier molecular flexibility index (Phi) is 5.12. The molecule has 0 saturated heterocycles. The summed E-state index contributed by atoms with van der Waals surface area (Å²) in [7, 11) is 1.44. The molecule has 0 amide bonds. The minimum absolute atomic E-state index is 0.0291. The molecule has 0 spiro atoms. The number of halogens is 3. The second kappa shape index (κ2) is 7.46. The number of carbonyl (C=O) groups excluding carboxylic acids is 1. The molecule has 1 aliphatic heterocycles. The lowest BCUT2D eigenvalue weighted by atomic mass is 9.84. The Morgan fingerprint density at radius 2 is 2.21 bits per heavy atom. The summed E-state index contributed by atoms with van der Waals surface area (Å²) in [5.74, 6) is -0.110. The summed E-state index contributed by atoms with van der Waals surface area (Å²) in [5, 5.41) is 0.733. The highest BCUT2D eigenvalue weighted by Gasteiger charge is 2.59. The van der Waals surface area contributed by atoms with Crippen molar-refractivity contribution in [3.63, 3.8) is 0 Å². The van der Waals surface area contributed by atoms with E-state index in [-0.39, 0.29) is 35.9 Å². The van der Waals surface area contributed by atoms with E-state index in [1.54, 1.807) is 18.2 Å². The molecule has 1 saturated carbocycles.